The summed E-state index contributed by atoms with van der Waals surface area (Å²) in [5, 5.41) is 0.382. The summed E-state index contributed by atoms with van der Waals surface area (Å²) in [6.07, 6.45) is 1.51. The van der Waals surface area contributed by atoms with Crippen LogP contribution in [0.2, 0.25) is 0 Å². The number of aromatic amines is 2. The van der Waals surface area contributed by atoms with Crippen LogP contribution in [0, 0.1) is 6.92 Å². The van der Waals surface area contributed by atoms with Crippen LogP contribution in [0.3, 0.4) is 0 Å². The van der Waals surface area contributed by atoms with Crippen LogP contribution in [-0.2, 0) is 16.6 Å². The number of nitrogens with one attached hydrogen (secondary N) is 2. The van der Waals surface area contributed by atoms with Gasteiger partial charge in [0.25, 0.3) is 0 Å². The molecule has 3 rings (SSSR count). The van der Waals surface area contributed by atoms with E-state index in [2.05, 4.69) is 15.0 Å². The summed E-state index contributed by atoms with van der Waals surface area (Å²) in [7, 11) is 0.00701. The summed E-state index contributed by atoms with van der Waals surface area (Å²) in [5.74, 6) is 0.306. The molecule has 22 heavy (non-hydrogen) atoms. The molecule has 0 aliphatic heterocycles. The highest BCUT2D eigenvalue weighted by Crippen LogP contribution is 2.18. The Balaban J connectivity index is 1.93. The van der Waals surface area contributed by atoms with Gasteiger partial charge in [-0.15, -0.1) is 0 Å². The van der Waals surface area contributed by atoms with E-state index in [1.165, 1.54) is 19.4 Å². The predicted octanol–water partition coefficient (Wildman–Crippen LogP) is 1.88. The van der Waals surface area contributed by atoms with Gasteiger partial charge in [-0.3, -0.25) is 9.00 Å². The Morgan fingerprint density at radius 2 is 2.14 bits per heavy atom. The molecule has 0 aliphatic rings. The molecule has 0 saturated carbocycles. The molecule has 2 N–H and O–H groups in total. The van der Waals surface area contributed by atoms with Gasteiger partial charge in [0.1, 0.15) is 0 Å². The van der Waals surface area contributed by atoms with Gasteiger partial charge in [0.2, 0.25) is 5.43 Å². The molecule has 1 atom stereocenters. The first-order chi connectivity index (χ1) is 10.6. The highest BCUT2D eigenvalue weighted by Gasteiger charge is 2.15. The van der Waals surface area contributed by atoms with Gasteiger partial charge in [0, 0.05) is 12.3 Å². The maximum Gasteiger partial charge on any atom is 0.223 e. The first-order valence-corrected chi connectivity index (χ1v) is 7.99. The first kappa shape index (κ1) is 14.5. The molecule has 0 bridgehead atoms. The van der Waals surface area contributed by atoms with E-state index >= 15 is 0 Å². The standard InChI is InChI=1S/C15H15N3O3S/c1-9-3-4-10-11(7-9)18-15(17-10)22(20)8-12-14(21-2)13(19)5-6-16-12/h3-7H,8H2,1-2H3,(H,16,19)(H,17,18). The van der Waals surface area contributed by atoms with E-state index in [-0.39, 0.29) is 16.9 Å². The molecule has 1 aromatic carbocycles. The number of fused-ring (bicyclic) bond motifs is 1. The van der Waals surface area contributed by atoms with Crippen LogP contribution in [0.5, 0.6) is 5.75 Å². The minimum absolute atomic E-state index is 0.123. The number of benzene rings is 1. The van der Waals surface area contributed by atoms with Gasteiger partial charge < -0.3 is 14.7 Å². The minimum Gasteiger partial charge on any atom is -0.491 e. The lowest BCUT2D eigenvalue weighted by atomic mass is 10.2. The molecule has 6 nitrogen and oxygen atoms in total. The zero-order chi connectivity index (χ0) is 15.7. The molecule has 114 valence electrons. The van der Waals surface area contributed by atoms with Gasteiger partial charge in [-0.1, -0.05) is 6.07 Å². The molecular weight excluding hydrogens is 302 g/mol. The van der Waals surface area contributed by atoms with E-state index < -0.39 is 10.8 Å². The summed E-state index contributed by atoms with van der Waals surface area (Å²) >= 11 is 0. The number of rotatable bonds is 4. The second-order valence-corrected chi connectivity index (χ2v) is 6.27. The normalized spacial score (nSPS) is 12.5. The molecule has 0 saturated heterocycles. The topological polar surface area (TPSA) is 87.8 Å². The quantitative estimate of drug-likeness (QED) is 0.769. The van der Waals surface area contributed by atoms with E-state index in [1.54, 1.807) is 0 Å². The monoisotopic (exact) mass is 317 g/mol. The molecule has 3 aromatic rings. The van der Waals surface area contributed by atoms with Crippen molar-refractivity contribution in [3.63, 3.8) is 0 Å². The molecule has 0 radical (unpaired) electrons. The van der Waals surface area contributed by atoms with Gasteiger partial charge in [-0.2, -0.15) is 0 Å². The number of aromatic nitrogens is 3. The minimum atomic E-state index is -1.41. The summed E-state index contributed by atoms with van der Waals surface area (Å²) < 4.78 is 17.6. The lowest BCUT2D eigenvalue weighted by Crippen LogP contribution is -2.11. The van der Waals surface area contributed by atoms with Gasteiger partial charge in [0.15, 0.2) is 10.9 Å². The van der Waals surface area contributed by atoms with Crippen molar-refractivity contribution in [2.75, 3.05) is 7.11 Å². The van der Waals surface area contributed by atoms with Crippen molar-refractivity contribution in [1.29, 1.82) is 0 Å². The number of imidazole rings is 1. The molecule has 2 aromatic heterocycles. The van der Waals surface area contributed by atoms with Crippen molar-refractivity contribution in [3.8, 4) is 5.75 Å². The molecule has 0 amide bonds. The molecule has 0 spiro atoms. The summed E-state index contributed by atoms with van der Waals surface area (Å²) in [6.45, 7) is 1.98. The van der Waals surface area contributed by atoms with Crippen molar-refractivity contribution in [2.45, 2.75) is 17.8 Å². The Hall–Kier alpha value is -2.41. The molecule has 1 unspecified atom stereocenters. The van der Waals surface area contributed by atoms with Crippen LogP contribution in [0.25, 0.3) is 11.0 Å². The summed E-state index contributed by atoms with van der Waals surface area (Å²) in [5.41, 5.74) is 2.96. The second kappa shape index (κ2) is 5.76. The van der Waals surface area contributed by atoms with E-state index in [0.717, 1.165) is 16.6 Å². The number of hydrogen-bond acceptors (Lipinski definition) is 4. The number of ether oxygens (including phenoxy) is 1. The number of hydrogen-bond donors (Lipinski definition) is 2. The summed E-state index contributed by atoms with van der Waals surface area (Å²) in [4.78, 5) is 22.0. The van der Waals surface area contributed by atoms with Gasteiger partial charge in [0.05, 0.1) is 40.4 Å². The third-order valence-electron chi connectivity index (χ3n) is 3.30. The Morgan fingerprint density at radius 1 is 1.32 bits per heavy atom. The van der Waals surface area contributed by atoms with E-state index in [9.17, 15) is 9.00 Å². The Kier molecular flexibility index (Phi) is 3.81. The fourth-order valence-electron chi connectivity index (χ4n) is 2.25. The van der Waals surface area contributed by atoms with E-state index in [1.807, 2.05) is 25.1 Å². The fourth-order valence-corrected chi connectivity index (χ4v) is 3.28. The summed E-state index contributed by atoms with van der Waals surface area (Å²) in [6, 6.07) is 7.16. The number of H-pyrrole nitrogens is 2. The Bertz CT molecular complexity index is 914. The highest BCUT2D eigenvalue weighted by molar-refractivity contribution is 7.84. The maximum atomic E-state index is 12.5. The van der Waals surface area contributed by atoms with Crippen LogP contribution >= 0.6 is 0 Å². The van der Waals surface area contributed by atoms with Crippen LogP contribution in [0.1, 0.15) is 11.3 Å². The SMILES string of the molecule is COc1c(CS(=O)c2nc3ccc(C)cc3[nH]2)[nH]ccc1=O. The van der Waals surface area contributed by atoms with Crippen molar-refractivity contribution in [3.05, 3.63) is 51.9 Å². The first-order valence-electron chi connectivity index (χ1n) is 6.68. The molecule has 7 heteroatoms. The van der Waals surface area contributed by atoms with Crippen LogP contribution < -0.4 is 10.2 Å². The predicted molar refractivity (Wildman–Crippen MR) is 84.6 cm³/mol. The Labute approximate surface area is 129 Å². The average molecular weight is 317 g/mol. The fraction of sp³-hybridized carbons (Fsp3) is 0.200. The number of nitrogens with zero attached hydrogens (tertiary/aromatic N) is 1. The lowest BCUT2D eigenvalue weighted by Gasteiger charge is -2.05. The van der Waals surface area contributed by atoms with Gasteiger partial charge >= 0.3 is 0 Å². The lowest BCUT2D eigenvalue weighted by molar-refractivity contribution is 0.404. The van der Waals surface area contributed by atoms with Gasteiger partial charge in [-0.05, 0) is 24.6 Å². The maximum absolute atomic E-state index is 12.5. The van der Waals surface area contributed by atoms with Crippen molar-refractivity contribution < 1.29 is 8.95 Å². The van der Waals surface area contributed by atoms with Gasteiger partial charge in [-0.25, -0.2) is 4.98 Å². The number of aryl methyl sites for hydroxylation is 1. The van der Waals surface area contributed by atoms with E-state index in [4.69, 9.17) is 4.74 Å². The van der Waals surface area contributed by atoms with Crippen molar-refractivity contribution in [1.82, 2.24) is 15.0 Å². The third kappa shape index (κ3) is 2.67. The number of methoxy groups -OCH3 is 1. The average Bonchev–Trinajstić information content (AvgIpc) is 2.90. The Morgan fingerprint density at radius 3 is 2.91 bits per heavy atom. The zero-order valence-corrected chi connectivity index (χ0v) is 13.0. The largest absolute Gasteiger partial charge is 0.491 e. The molecule has 0 fully saturated rings. The molecule has 0 aliphatic carbocycles. The van der Waals surface area contributed by atoms with Crippen molar-refractivity contribution >= 4 is 21.8 Å². The van der Waals surface area contributed by atoms with Crippen LogP contribution in [0.15, 0.2) is 40.4 Å². The number of pyridine rings is 1. The van der Waals surface area contributed by atoms with E-state index in [0.29, 0.717) is 10.9 Å². The molecular formula is C15H15N3O3S. The molecule has 2 heterocycles. The highest BCUT2D eigenvalue weighted by atomic mass is 32.2. The smallest absolute Gasteiger partial charge is 0.223 e. The second-order valence-electron chi connectivity index (χ2n) is 4.91. The van der Waals surface area contributed by atoms with Crippen molar-refractivity contribution in [2.24, 2.45) is 0 Å². The van der Waals surface area contributed by atoms with Crippen LogP contribution in [0.4, 0.5) is 0 Å². The van der Waals surface area contributed by atoms with Crippen LogP contribution in [-0.4, -0.2) is 26.3 Å². The third-order valence-corrected chi connectivity index (χ3v) is 4.48. The zero-order valence-electron chi connectivity index (χ0n) is 12.2.